The zero-order valence-electron chi connectivity index (χ0n) is 19.6. The number of nitrogens with zero attached hydrogens (tertiary/aromatic N) is 4. The number of carbonyl (C=O) groups is 1. The van der Waals surface area contributed by atoms with Gasteiger partial charge in [-0.2, -0.15) is 4.52 Å². The van der Waals surface area contributed by atoms with Crippen LogP contribution in [-0.4, -0.2) is 66.5 Å². The van der Waals surface area contributed by atoms with Gasteiger partial charge in [-0.05, 0) is 30.3 Å². The van der Waals surface area contributed by atoms with Crippen molar-refractivity contribution in [2.75, 3.05) is 40.8 Å². The summed E-state index contributed by atoms with van der Waals surface area (Å²) >= 11 is 0. The fourth-order valence-corrected chi connectivity index (χ4v) is 3.51. The molecule has 12 heteroatoms. The maximum atomic E-state index is 12.1. The Labute approximate surface area is 205 Å². The number of carbonyl (C=O) groups excluding carboxylic acids is 1. The van der Waals surface area contributed by atoms with Gasteiger partial charge in [-0.15, -0.1) is 15.3 Å². The lowest BCUT2D eigenvalue weighted by molar-refractivity contribution is -0.123. The molecule has 1 amide bonds. The minimum atomic E-state index is -0.285. The van der Waals surface area contributed by atoms with E-state index in [-0.39, 0.29) is 32.5 Å². The molecule has 3 heterocycles. The first-order valence-corrected chi connectivity index (χ1v) is 11.0. The fourth-order valence-electron chi connectivity index (χ4n) is 3.51. The molecule has 1 N–H and O–H groups in total. The molecule has 0 saturated heterocycles. The SMILES string of the molecule is COc1ccc(-c2nnc3ccc(OCCNC(=O)COc4ccc5c(c4)OCO5)nn23)c(OC)c1. The summed E-state index contributed by atoms with van der Waals surface area (Å²) in [7, 11) is 3.15. The van der Waals surface area contributed by atoms with Crippen molar-refractivity contribution in [2.45, 2.75) is 0 Å². The first kappa shape index (κ1) is 23.0. The Morgan fingerprint density at radius 1 is 0.972 bits per heavy atom. The lowest BCUT2D eigenvalue weighted by atomic mass is 10.2. The number of benzene rings is 2. The Morgan fingerprint density at radius 2 is 1.83 bits per heavy atom. The smallest absolute Gasteiger partial charge is 0.258 e. The van der Waals surface area contributed by atoms with E-state index in [1.807, 2.05) is 6.07 Å². The summed E-state index contributed by atoms with van der Waals surface area (Å²) in [6.07, 6.45) is 0. The monoisotopic (exact) mass is 493 g/mol. The van der Waals surface area contributed by atoms with Gasteiger partial charge in [0.1, 0.15) is 23.9 Å². The van der Waals surface area contributed by atoms with E-state index in [4.69, 9.17) is 28.4 Å². The van der Waals surface area contributed by atoms with Gasteiger partial charge in [0.05, 0.1) is 26.3 Å². The van der Waals surface area contributed by atoms with Crippen LogP contribution in [0.2, 0.25) is 0 Å². The highest BCUT2D eigenvalue weighted by Crippen LogP contribution is 2.35. The molecule has 1 aliphatic heterocycles. The van der Waals surface area contributed by atoms with E-state index in [2.05, 4.69) is 20.6 Å². The van der Waals surface area contributed by atoms with Crippen molar-refractivity contribution in [2.24, 2.45) is 0 Å². The molecule has 0 spiro atoms. The van der Waals surface area contributed by atoms with Gasteiger partial charge in [-0.3, -0.25) is 4.79 Å². The van der Waals surface area contributed by atoms with Crippen LogP contribution in [0, 0.1) is 0 Å². The van der Waals surface area contributed by atoms with Gasteiger partial charge in [0.25, 0.3) is 5.91 Å². The lowest BCUT2D eigenvalue weighted by Gasteiger charge is -2.10. The van der Waals surface area contributed by atoms with Crippen molar-refractivity contribution in [1.82, 2.24) is 25.1 Å². The molecule has 0 atom stereocenters. The number of fused-ring (bicyclic) bond motifs is 2. The van der Waals surface area contributed by atoms with E-state index < -0.39 is 0 Å². The van der Waals surface area contributed by atoms with Crippen LogP contribution < -0.4 is 33.7 Å². The van der Waals surface area contributed by atoms with Crippen LogP contribution >= 0.6 is 0 Å². The molecule has 1 aliphatic rings. The third kappa shape index (κ3) is 4.87. The van der Waals surface area contributed by atoms with Crippen molar-refractivity contribution >= 4 is 11.6 Å². The standard InChI is InChI=1S/C24H23N5O7/c1-31-15-3-5-17(19(11-15)32-2)24-27-26-21-7-8-23(28-29(21)24)33-10-9-25-22(30)13-34-16-4-6-18-20(12-16)36-14-35-18/h3-8,11-12H,9-10,13-14H2,1-2H3,(H,25,30). The normalized spacial score (nSPS) is 11.8. The molecule has 2 aromatic carbocycles. The molecule has 0 bridgehead atoms. The van der Waals surface area contributed by atoms with Crippen LogP contribution in [0.1, 0.15) is 0 Å². The molecule has 4 aromatic rings. The Morgan fingerprint density at radius 3 is 2.69 bits per heavy atom. The van der Waals surface area contributed by atoms with Crippen molar-refractivity contribution in [3.8, 4) is 46.0 Å². The van der Waals surface area contributed by atoms with Crippen LogP contribution in [0.25, 0.3) is 17.0 Å². The maximum Gasteiger partial charge on any atom is 0.258 e. The second kappa shape index (κ2) is 10.3. The fraction of sp³-hybridized carbons (Fsp3) is 0.250. The second-order valence-electron chi connectivity index (χ2n) is 7.53. The summed E-state index contributed by atoms with van der Waals surface area (Å²) in [5.74, 6) is 3.54. The molecule has 0 aliphatic carbocycles. The Hall–Kier alpha value is -4.74. The molecular weight excluding hydrogens is 470 g/mol. The van der Waals surface area contributed by atoms with Crippen LogP contribution in [-0.2, 0) is 4.79 Å². The number of nitrogens with one attached hydrogen (secondary N) is 1. The predicted molar refractivity (Wildman–Crippen MR) is 126 cm³/mol. The van der Waals surface area contributed by atoms with Gasteiger partial charge in [0.15, 0.2) is 29.6 Å². The van der Waals surface area contributed by atoms with Crippen molar-refractivity contribution in [1.29, 1.82) is 0 Å². The Kier molecular flexibility index (Phi) is 6.56. The first-order chi connectivity index (χ1) is 17.6. The number of amides is 1. The van der Waals surface area contributed by atoms with Gasteiger partial charge >= 0.3 is 0 Å². The van der Waals surface area contributed by atoms with Crippen LogP contribution in [0.15, 0.2) is 48.5 Å². The number of hydrogen-bond acceptors (Lipinski definition) is 10. The third-order valence-corrected chi connectivity index (χ3v) is 5.28. The first-order valence-electron chi connectivity index (χ1n) is 11.0. The maximum absolute atomic E-state index is 12.1. The minimum absolute atomic E-state index is 0.141. The number of hydrogen-bond donors (Lipinski definition) is 1. The molecule has 12 nitrogen and oxygen atoms in total. The van der Waals surface area contributed by atoms with Crippen LogP contribution in [0.4, 0.5) is 0 Å². The highest BCUT2D eigenvalue weighted by atomic mass is 16.7. The molecule has 0 fully saturated rings. The molecule has 0 unspecified atom stereocenters. The summed E-state index contributed by atoms with van der Waals surface area (Å²) in [4.78, 5) is 12.1. The van der Waals surface area contributed by atoms with E-state index in [1.165, 1.54) is 0 Å². The van der Waals surface area contributed by atoms with Crippen LogP contribution in [0.5, 0.6) is 34.6 Å². The summed E-state index contributed by atoms with van der Waals surface area (Å²) in [5.41, 5.74) is 1.24. The minimum Gasteiger partial charge on any atom is -0.497 e. The molecule has 2 aromatic heterocycles. The summed E-state index contributed by atoms with van der Waals surface area (Å²) in [6, 6.07) is 13.9. The summed E-state index contributed by atoms with van der Waals surface area (Å²) in [6.45, 7) is 0.509. The zero-order valence-corrected chi connectivity index (χ0v) is 19.6. The van der Waals surface area contributed by atoms with Gasteiger partial charge in [0, 0.05) is 18.2 Å². The summed E-state index contributed by atoms with van der Waals surface area (Å²) < 4.78 is 34.1. The van der Waals surface area contributed by atoms with Gasteiger partial charge in [-0.1, -0.05) is 0 Å². The molecule has 186 valence electrons. The second-order valence-corrected chi connectivity index (χ2v) is 7.53. The van der Waals surface area contributed by atoms with Crippen molar-refractivity contribution < 1.29 is 33.2 Å². The van der Waals surface area contributed by atoms with E-state index in [1.54, 1.807) is 61.2 Å². The largest absolute Gasteiger partial charge is 0.497 e. The van der Waals surface area contributed by atoms with E-state index in [9.17, 15) is 4.79 Å². The van der Waals surface area contributed by atoms with E-state index >= 15 is 0 Å². The third-order valence-electron chi connectivity index (χ3n) is 5.28. The molecular formula is C24H23N5O7. The van der Waals surface area contributed by atoms with Crippen LogP contribution in [0.3, 0.4) is 0 Å². The van der Waals surface area contributed by atoms with E-state index in [0.717, 1.165) is 0 Å². The Bertz CT molecular complexity index is 1390. The lowest BCUT2D eigenvalue weighted by Crippen LogP contribution is -2.32. The molecule has 36 heavy (non-hydrogen) atoms. The highest BCUT2D eigenvalue weighted by molar-refractivity contribution is 5.77. The molecule has 5 rings (SSSR count). The topological polar surface area (TPSA) is 128 Å². The zero-order chi connectivity index (χ0) is 24.9. The van der Waals surface area contributed by atoms with Gasteiger partial charge in [0.2, 0.25) is 12.7 Å². The Balaban J connectivity index is 1.15. The number of ether oxygens (including phenoxy) is 6. The average molecular weight is 493 g/mol. The molecule has 0 saturated carbocycles. The molecule has 0 radical (unpaired) electrons. The van der Waals surface area contributed by atoms with Crippen molar-refractivity contribution in [3.63, 3.8) is 0 Å². The average Bonchev–Trinajstić information content (AvgIpc) is 3.56. The number of rotatable bonds is 10. The van der Waals surface area contributed by atoms with Crippen molar-refractivity contribution in [3.05, 3.63) is 48.5 Å². The van der Waals surface area contributed by atoms with E-state index in [0.29, 0.717) is 51.7 Å². The quantitative estimate of drug-likeness (QED) is 0.328. The van der Waals surface area contributed by atoms with Gasteiger partial charge in [-0.25, -0.2) is 0 Å². The summed E-state index contributed by atoms with van der Waals surface area (Å²) in [5, 5.41) is 15.6. The van der Waals surface area contributed by atoms with Gasteiger partial charge < -0.3 is 33.7 Å². The highest BCUT2D eigenvalue weighted by Gasteiger charge is 2.16. The number of aromatic nitrogens is 4. The predicted octanol–water partition coefficient (Wildman–Crippen LogP) is 2.11. The number of methoxy groups -OCH3 is 2.